The second-order valence-electron chi connectivity index (χ2n) is 4.39. The zero-order valence-electron chi connectivity index (χ0n) is 11.0. The molecule has 2 nitrogen and oxygen atoms in total. The molecule has 0 saturated carbocycles. The number of hydrogen-bond donors (Lipinski definition) is 0. The van der Waals surface area contributed by atoms with Crippen LogP contribution in [0.5, 0.6) is 0 Å². The largest absolute Gasteiger partial charge is 0.253 e. The van der Waals surface area contributed by atoms with E-state index >= 15 is 0 Å². The highest BCUT2D eigenvalue weighted by Crippen LogP contribution is 2.11. The fourth-order valence-electron chi connectivity index (χ4n) is 2.04. The minimum Gasteiger partial charge on any atom is -0.253 e. The van der Waals surface area contributed by atoms with E-state index in [1.165, 1.54) is 10.8 Å². The van der Waals surface area contributed by atoms with Crippen molar-refractivity contribution >= 4 is 21.8 Å². The molecule has 0 bridgehead atoms. The molecule has 0 amide bonds. The monoisotopic (exact) mass is 258 g/mol. The molecule has 2 heteroatoms. The summed E-state index contributed by atoms with van der Waals surface area (Å²) in [4.78, 5) is 8.24. The van der Waals surface area contributed by atoms with Crippen molar-refractivity contribution in [2.75, 3.05) is 0 Å². The van der Waals surface area contributed by atoms with E-state index < -0.39 is 0 Å². The molecule has 0 radical (unpaired) electrons. The molecule has 0 N–H and O–H groups in total. The van der Waals surface area contributed by atoms with Gasteiger partial charge in [-0.3, -0.25) is 9.97 Å². The summed E-state index contributed by atoms with van der Waals surface area (Å²) < 4.78 is 0. The Morgan fingerprint density at radius 2 is 0.800 bits per heavy atom. The lowest BCUT2D eigenvalue weighted by atomic mass is 10.1. The summed E-state index contributed by atoms with van der Waals surface area (Å²) in [6, 6.07) is 24.5. The first-order chi connectivity index (χ1) is 9.93. The van der Waals surface area contributed by atoms with Crippen molar-refractivity contribution in [3.63, 3.8) is 0 Å². The summed E-state index contributed by atoms with van der Waals surface area (Å²) in [5.74, 6) is 0. The Bertz CT molecular complexity index is 623. The third kappa shape index (κ3) is 2.81. The maximum Gasteiger partial charge on any atom is 0.0886 e. The molecule has 1 aromatic heterocycles. The van der Waals surface area contributed by atoms with Crippen LogP contribution in [0.3, 0.4) is 0 Å². The highest BCUT2D eigenvalue weighted by molar-refractivity contribution is 5.82. The van der Waals surface area contributed by atoms with Crippen molar-refractivity contribution in [1.29, 1.82) is 0 Å². The van der Waals surface area contributed by atoms with Crippen molar-refractivity contribution in [1.82, 2.24) is 9.97 Å². The lowest BCUT2D eigenvalue weighted by molar-refractivity contribution is 1.29. The maximum absolute atomic E-state index is 4.12. The summed E-state index contributed by atoms with van der Waals surface area (Å²) >= 11 is 0. The summed E-state index contributed by atoms with van der Waals surface area (Å²) in [6.07, 6.45) is 3.39. The van der Waals surface area contributed by atoms with Gasteiger partial charge in [0, 0.05) is 12.4 Å². The molecule has 3 aromatic carbocycles. The second-order valence-corrected chi connectivity index (χ2v) is 4.39. The van der Waals surface area contributed by atoms with Crippen molar-refractivity contribution in [2.45, 2.75) is 0 Å². The van der Waals surface area contributed by atoms with Crippen LogP contribution in [0, 0.1) is 0 Å². The molecular weight excluding hydrogens is 244 g/mol. The van der Waals surface area contributed by atoms with Gasteiger partial charge in [-0.25, -0.2) is 0 Å². The molecule has 4 aromatic rings. The number of rotatable bonds is 0. The van der Waals surface area contributed by atoms with E-state index in [-0.39, 0.29) is 0 Å². The van der Waals surface area contributed by atoms with Gasteiger partial charge in [-0.2, -0.15) is 0 Å². The Morgan fingerprint density at radius 3 is 1.20 bits per heavy atom. The number of fused-ring (bicyclic) bond motifs is 2. The molecule has 4 rings (SSSR count). The van der Waals surface area contributed by atoms with Crippen molar-refractivity contribution in [3.05, 3.63) is 85.2 Å². The van der Waals surface area contributed by atoms with Gasteiger partial charge in [0.15, 0.2) is 0 Å². The molecular formula is C18H14N2. The first kappa shape index (κ1) is 12.3. The highest BCUT2D eigenvalue weighted by atomic mass is 14.8. The lowest BCUT2D eigenvalue weighted by Gasteiger charge is -1.92. The summed E-state index contributed by atoms with van der Waals surface area (Å²) in [7, 11) is 0. The second kappa shape index (κ2) is 5.93. The van der Waals surface area contributed by atoms with Gasteiger partial charge in [-0.1, -0.05) is 60.7 Å². The molecule has 1 heterocycles. The Hall–Kier alpha value is -2.74. The Morgan fingerprint density at radius 1 is 0.450 bits per heavy atom. The number of hydrogen-bond acceptors (Lipinski definition) is 2. The molecule has 0 fully saturated rings. The zero-order valence-corrected chi connectivity index (χ0v) is 11.0. The smallest absolute Gasteiger partial charge is 0.0886 e. The average molecular weight is 258 g/mol. The average Bonchev–Trinajstić information content (AvgIpc) is 2.56. The highest BCUT2D eigenvalue weighted by Gasteiger charge is 1.88. The van der Waals surface area contributed by atoms with E-state index in [0.717, 1.165) is 11.0 Å². The van der Waals surface area contributed by atoms with E-state index in [9.17, 15) is 0 Å². The predicted octanol–water partition coefficient (Wildman–Crippen LogP) is 4.47. The number of para-hydroxylation sites is 2. The van der Waals surface area contributed by atoms with Crippen LogP contribution in [0.25, 0.3) is 21.8 Å². The van der Waals surface area contributed by atoms with Crippen molar-refractivity contribution in [3.8, 4) is 0 Å². The first-order valence-corrected chi connectivity index (χ1v) is 6.53. The van der Waals surface area contributed by atoms with Crippen LogP contribution in [-0.2, 0) is 0 Å². The van der Waals surface area contributed by atoms with Gasteiger partial charge in [-0.15, -0.1) is 0 Å². The van der Waals surface area contributed by atoms with E-state index in [1.54, 1.807) is 12.4 Å². The zero-order chi connectivity index (χ0) is 13.6. The molecule has 0 saturated heterocycles. The van der Waals surface area contributed by atoms with Gasteiger partial charge in [0.25, 0.3) is 0 Å². The van der Waals surface area contributed by atoms with Gasteiger partial charge in [0.2, 0.25) is 0 Å². The Kier molecular flexibility index (Phi) is 3.65. The van der Waals surface area contributed by atoms with E-state index in [2.05, 4.69) is 58.5 Å². The van der Waals surface area contributed by atoms with Crippen molar-refractivity contribution < 1.29 is 0 Å². The fourth-order valence-corrected chi connectivity index (χ4v) is 2.04. The molecule has 20 heavy (non-hydrogen) atoms. The normalized spacial score (nSPS) is 10.0. The van der Waals surface area contributed by atoms with Crippen LogP contribution in [-0.4, -0.2) is 9.97 Å². The third-order valence-corrected chi connectivity index (χ3v) is 3.03. The minimum atomic E-state index is 0.949. The van der Waals surface area contributed by atoms with Gasteiger partial charge in [-0.05, 0) is 22.9 Å². The van der Waals surface area contributed by atoms with Crippen LogP contribution in [0.15, 0.2) is 85.2 Å². The van der Waals surface area contributed by atoms with Gasteiger partial charge >= 0.3 is 0 Å². The van der Waals surface area contributed by atoms with Crippen LogP contribution in [0.4, 0.5) is 0 Å². The van der Waals surface area contributed by atoms with Gasteiger partial charge in [0.05, 0.1) is 11.0 Å². The van der Waals surface area contributed by atoms with E-state index in [0.29, 0.717) is 0 Å². The summed E-state index contributed by atoms with van der Waals surface area (Å²) in [5, 5.41) is 2.62. The Balaban J connectivity index is 0.000000121. The van der Waals surface area contributed by atoms with Crippen molar-refractivity contribution in [2.24, 2.45) is 0 Å². The summed E-state index contributed by atoms with van der Waals surface area (Å²) in [5.41, 5.74) is 1.90. The molecule has 0 atom stereocenters. The van der Waals surface area contributed by atoms with Crippen LogP contribution in [0.2, 0.25) is 0 Å². The standard InChI is InChI=1S/C10H8.C8H6N2/c1-2-6-10-8-4-3-7-9(10)5-1;1-2-4-8-7(3-1)9-5-6-10-8/h1-8H;1-6H. The van der Waals surface area contributed by atoms with E-state index in [4.69, 9.17) is 0 Å². The maximum atomic E-state index is 4.12. The van der Waals surface area contributed by atoms with Crippen LogP contribution < -0.4 is 0 Å². The SMILES string of the molecule is c1ccc2ccccc2c1.c1ccc2nccnc2c1. The Labute approximate surface area is 117 Å². The third-order valence-electron chi connectivity index (χ3n) is 3.03. The minimum absolute atomic E-state index is 0.949. The van der Waals surface area contributed by atoms with Crippen LogP contribution >= 0.6 is 0 Å². The van der Waals surface area contributed by atoms with Gasteiger partial charge < -0.3 is 0 Å². The number of aromatic nitrogens is 2. The molecule has 0 aliphatic rings. The summed E-state index contributed by atoms with van der Waals surface area (Å²) in [6.45, 7) is 0. The lowest BCUT2D eigenvalue weighted by Crippen LogP contribution is -1.78. The molecule has 0 unspecified atom stereocenters. The quantitative estimate of drug-likeness (QED) is 0.465. The predicted molar refractivity (Wildman–Crippen MR) is 83.5 cm³/mol. The number of nitrogens with zero attached hydrogens (tertiary/aromatic N) is 2. The molecule has 0 spiro atoms. The van der Waals surface area contributed by atoms with Crippen LogP contribution in [0.1, 0.15) is 0 Å². The van der Waals surface area contributed by atoms with E-state index in [1.807, 2.05) is 24.3 Å². The first-order valence-electron chi connectivity index (χ1n) is 6.53. The molecule has 96 valence electrons. The topological polar surface area (TPSA) is 25.8 Å². The molecule has 0 aliphatic heterocycles. The fraction of sp³-hybridized carbons (Fsp3) is 0. The number of benzene rings is 3. The van der Waals surface area contributed by atoms with Gasteiger partial charge in [0.1, 0.15) is 0 Å². The molecule has 0 aliphatic carbocycles.